The molecular formula is C32H29F6N5O3. The molecule has 0 spiro atoms. The maximum atomic E-state index is 13.7. The number of likely N-dealkylation sites (tertiary alicyclic amines) is 1. The highest BCUT2D eigenvalue weighted by molar-refractivity contribution is 6.09. The van der Waals surface area contributed by atoms with E-state index in [0.717, 1.165) is 0 Å². The average Bonchev–Trinajstić information content (AvgIpc) is 3.46. The number of nitroso groups, excluding NO2 is 1. The van der Waals surface area contributed by atoms with E-state index in [0.29, 0.717) is 40.8 Å². The molecule has 8 nitrogen and oxygen atoms in total. The van der Waals surface area contributed by atoms with Crippen molar-refractivity contribution in [1.29, 1.82) is 0 Å². The highest BCUT2D eigenvalue weighted by Crippen LogP contribution is 2.39. The minimum Gasteiger partial charge on any atom is -0.410 e. The molecule has 1 amide bonds. The highest BCUT2D eigenvalue weighted by Gasteiger charge is 2.38. The lowest BCUT2D eigenvalue weighted by Crippen LogP contribution is -2.37. The molecule has 1 aliphatic heterocycles. The molecule has 46 heavy (non-hydrogen) atoms. The van der Waals surface area contributed by atoms with E-state index in [9.17, 15) is 36.0 Å². The first-order valence-corrected chi connectivity index (χ1v) is 14.1. The molecule has 1 aromatic heterocycles. The van der Waals surface area contributed by atoms with E-state index in [1.54, 1.807) is 26.3 Å². The normalized spacial score (nSPS) is 17.0. The number of aromatic nitrogens is 2. The van der Waals surface area contributed by atoms with Crippen LogP contribution in [0.5, 0.6) is 5.75 Å². The van der Waals surface area contributed by atoms with E-state index in [2.05, 4.69) is 20.1 Å². The number of amides is 1. The topological polar surface area (TPSA) is 97.1 Å². The van der Waals surface area contributed by atoms with Crippen molar-refractivity contribution < 1.29 is 35.9 Å². The van der Waals surface area contributed by atoms with Crippen LogP contribution < -0.4 is 4.74 Å². The molecule has 0 radical (unpaired) electrons. The number of alkyl halides is 6. The molecule has 1 aliphatic rings. The molecule has 1 fully saturated rings. The minimum atomic E-state index is -5.02. The van der Waals surface area contributed by atoms with Crippen molar-refractivity contribution in [2.75, 3.05) is 13.6 Å². The predicted molar refractivity (Wildman–Crippen MR) is 160 cm³/mol. The van der Waals surface area contributed by atoms with Gasteiger partial charge in [-0.1, -0.05) is 13.0 Å². The van der Waals surface area contributed by atoms with Gasteiger partial charge in [-0.3, -0.25) is 4.99 Å². The molecule has 1 saturated heterocycles. The summed E-state index contributed by atoms with van der Waals surface area (Å²) in [6, 6.07) is 6.58. The number of carbonyl (C=O) groups excluding carboxylic acids is 1. The quantitative estimate of drug-likeness (QED) is 0.139. The molecule has 242 valence electrons. The van der Waals surface area contributed by atoms with Crippen LogP contribution in [0.25, 0.3) is 11.1 Å². The first kappa shape index (κ1) is 34.0. The van der Waals surface area contributed by atoms with E-state index < -0.39 is 35.6 Å². The van der Waals surface area contributed by atoms with Crippen LogP contribution in [0, 0.1) is 4.91 Å². The molecule has 14 heteroatoms. The second-order valence-electron chi connectivity index (χ2n) is 10.4. The number of hydrogen-bond donors (Lipinski definition) is 0. The lowest BCUT2D eigenvalue weighted by Gasteiger charge is -2.22. The Morgan fingerprint density at radius 2 is 1.63 bits per heavy atom. The number of nitrogens with zero attached hydrogens (tertiary/aromatic N) is 5. The van der Waals surface area contributed by atoms with Gasteiger partial charge >= 0.3 is 18.4 Å². The Labute approximate surface area is 260 Å². The van der Waals surface area contributed by atoms with Crippen molar-refractivity contribution in [2.24, 2.45) is 10.2 Å². The van der Waals surface area contributed by atoms with Crippen molar-refractivity contribution in [1.82, 2.24) is 14.9 Å². The molecule has 2 heterocycles. The fraction of sp³-hybridized carbons (Fsp3) is 0.312. The Balaban J connectivity index is 1.79. The van der Waals surface area contributed by atoms with Gasteiger partial charge in [0, 0.05) is 55.8 Å². The zero-order chi connectivity index (χ0) is 33.6. The SMILES string of the molecule is C/C=C(\C=NC)c1cnc(/C(Cc2cc(C(F)(F)F)cc(C(F)(F)F)c2)=C2\C[C@@H](CC)N(C(=O)Oc3ccc(N=O)cc3)C2)nc1. The zero-order valence-corrected chi connectivity index (χ0v) is 25.0. The molecule has 2 aromatic carbocycles. The summed E-state index contributed by atoms with van der Waals surface area (Å²) in [7, 11) is 1.59. The lowest BCUT2D eigenvalue weighted by atomic mass is 9.94. The smallest absolute Gasteiger partial charge is 0.410 e. The van der Waals surface area contributed by atoms with Crippen LogP contribution in [-0.4, -0.2) is 46.8 Å². The van der Waals surface area contributed by atoms with Crippen molar-refractivity contribution in [3.8, 4) is 5.75 Å². The third-order valence-corrected chi connectivity index (χ3v) is 7.43. The van der Waals surface area contributed by atoms with Crippen LogP contribution in [0.1, 0.15) is 54.8 Å². The summed E-state index contributed by atoms with van der Waals surface area (Å²) in [6.45, 7) is 3.59. The largest absolute Gasteiger partial charge is 0.416 e. The zero-order valence-electron chi connectivity index (χ0n) is 25.0. The van der Waals surface area contributed by atoms with Gasteiger partial charge in [0.1, 0.15) is 11.4 Å². The van der Waals surface area contributed by atoms with Gasteiger partial charge in [-0.2, -0.15) is 26.3 Å². The standard InChI is InChI=1S/C32H29F6N5O3/c1-4-20(15-39-3)22-16-40-29(41-17-22)28(12-19-10-23(31(33,34)35)14-24(11-19)32(36,37)38)21-13-26(5-2)43(18-21)30(44)46-27-8-6-25(42-45)7-9-27/h4,6-11,14-17,26H,5,12-13,18H2,1-3H3/b20-4+,28-21+,39-15?/t26-/m1/s1. The van der Waals surface area contributed by atoms with Crippen LogP contribution in [0.4, 0.5) is 36.8 Å². The van der Waals surface area contributed by atoms with E-state index in [4.69, 9.17) is 4.74 Å². The van der Waals surface area contributed by atoms with Crippen molar-refractivity contribution >= 4 is 29.1 Å². The summed E-state index contributed by atoms with van der Waals surface area (Å²) in [5.41, 5.74) is -0.832. The lowest BCUT2D eigenvalue weighted by molar-refractivity contribution is -0.143. The van der Waals surface area contributed by atoms with E-state index in [-0.39, 0.29) is 48.3 Å². The van der Waals surface area contributed by atoms with E-state index in [1.165, 1.54) is 41.6 Å². The number of rotatable bonds is 8. The number of benzene rings is 2. The Hall–Kier alpha value is -4.88. The first-order chi connectivity index (χ1) is 21.8. The molecule has 0 aliphatic carbocycles. The van der Waals surface area contributed by atoms with E-state index in [1.807, 2.05) is 6.92 Å². The van der Waals surface area contributed by atoms with Crippen LogP contribution in [0.2, 0.25) is 0 Å². The molecule has 3 aromatic rings. The number of carbonyl (C=O) groups is 1. The molecule has 0 unspecified atom stereocenters. The van der Waals surface area contributed by atoms with Gasteiger partial charge in [0.2, 0.25) is 0 Å². The number of aliphatic imine (C=N–C) groups is 1. The Kier molecular flexibility index (Phi) is 10.4. The monoisotopic (exact) mass is 645 g/mol. The summed E-state index contributed by atoms with van der Waals surface area (Å²) >= 11 is 0. The van der Waals surface area contributed by atoms with Gasteiger partial charge in [0.15, 0.2) is 5.82 Å². The number of allylic oxidation sites excluding steroid dienone is 3. The Bertz CT molecular complexity index is 1630. The first-order valence-electron chi connectivity index (χ1n) is 14.1. The summed E-state index contributed by atoms with van der Waals surface area (Å²) < 4.78 is 87.5. The predicted octanol–water partition coefficient (Wildman–Crippen LogP) is 8.70. The fourth-order valence-corrected chi connectivity index (χ4v) is 5.10. The van der Waals surface area contributed by atoms with Gasteiger partial charge in [0.25, 0.3) is 0 Å². The molecule has 1 atom stereocenters. The van der Waals surface area contributed by atoms with Crippen LogP contribution in [0.3, 0.4) is 0 Å². The fourth-order valence-electron chi connectivity index (χ4n) is 5.10. The number of halogens is 6. The highest BCUT2D eigenvalue weighted by atomic mass is 19.4. The third-order valence-electron chi connectivity index (χ3n) is 7.43. The molecular weight excluding hydrogens is 616 g/mol. The second-order valence-corrected chi connectivity index (χ2v) is 10.4. The van der Waals surface area contributed by atoms with Crippen LogP contribution in [-0.2, 0) is 18.8 Å². The van der Waals surface area contributed by atoms with Crippen molar-refractivity contribution in [3.63, 3.8) is 0 Å². The summed E-state index contributed by atoms with van der Waals surface area (Å²) in [5, 5.41) is 2.80. The summed E-state index contributed by atoms with van der Waals surface area (Å²) in [4.78, 5) is 38.2. The van der Waals surface area contributed by atoms with Gasteiger partial charge < -0.3 is 9.64 Å². The third kappa shape index (κ3) is 8.03. The Morgan fingerprint density at radius 1 is 1.02 bits per heavy atom. The average molecular weight is 646 g/mol. The maximum Gasteiger partial charge on any atom is 0.416 e. The molecule has 0 N–H and O–H groups in total. The summed E-state index contributed by atoms with van der Waals surface area (Å²) in [6.07, 6.45) is -4.05. The van der Waals surface area contributed by atoms with Gasteiger partial charge in [-0.15, -0.1) is 4.91 Å². The molecule has 0 bridgehead atoms. The molecule has 4 rings (SSSR count). The van der Waals surface area contributed by atoms with Gasteiger partial charge in [-0.25, -0.2) is 14.8 Å². The van der Waals surface area contributed by atoms with Crippen molar-refractivity contribution in [2.45, 2.75) is 51.5 Å². The van der Waals surface area contributed by atoms with Gasteiger partial charge in [-0.05, 0) is 84.1 Å². The Morgan fingerprint density at radius 3 is 2.13 bits per heavy atom. The van der Waals surface area contributed by atoms with Crippen molar-refractivity contribution in [3.05, 3.63) is 99.5 Å². The number of ether oxygens (including phenoxy) is 1. The second kappa shape index (κ2) is 14.0. The number of hydrogen-bond acceptors (Lipinski definition) is 7. The van der Waals surface area contributed by atoms with Crippen LogP contribution in [0.15, 0.2) is 76.7 Å². The minimum absolute atomic E-state index is 0.0283. The van der Waals surface area contributed by atoms with Gasteiger partial charge in [0.05, 0.1) is 11.1 Å². The summed E-state index contributed by atoms with van der Waals surface area (Å²) in [5.74, 6) is 0.249. The molecule has 0 saturated carbocycles. The maximum absolute atomic E-state index is 13.7. The van der Waals surface area contributed by atoms with E-state index >= 15 is 0 Å². The van der Waals surface area contributed by atoms with Crippen LogP contribution >= 0.6 is 0 Å².